The highest BCUT2D eigenvalue weighted by Crippen LogP contribution is 2.29. The van der Waals surface area contributed by atoms with E-state index in [1.165, 1.54) is 0 Å². The van der Waals surface area contributed by atoms with Crippen molar-refractivity contribution in [1.82, 2.24) is 10.6 Å². The Morgan fingerprint density at radius 3 is 2.31 bits per heavy atom. The fourth-order valence-corrected chi connectivity index (χ4v) is 2.36. The number of hydrogen-bond donors (Lipinski definition) is 2. The van der Waals surface area contributed by atoms with Crippen molar-refractivity contribution in [1.29, 1.82) is 0 Å². The molecule has 0 fully saturated rings. The van der Waals surface area contributed by atoms with E-state index in [-0.39, 0.29) is 10.7 Å². The molecule has 0 heterocycles. The van der Waals surface area contributed by atoms with Gasteiger partial charge in [0.2, 0.25) is 5.91 Å². The van der Waals surface area contributed by atoms with Crippen LogP contribution in [0.4, 0.5) is 0 Å². The number of rotatable bonds is 9. The van der Waals surface area contributed by atoms with E-state index < -0.39 is 0 Å². The minimum Gasteiger partial charge on any atom is -0.354 e. The maximum absolute atomic E-state index is 11.5. The molecule has 0 rings (SSSR count). The van der Waals surface area contributed by atoms with Gasteiger partial charge >= 0.3 is 0 Å². The molecule has 0 saturated heterocycles. The zero-order valence-corrected chi connectivity index (χ0v) is 11.9. The summed E-state index contributed by atoms with van der Waals surface area (Å²) < 4.78 is 0.209. The molecule has 2 N–H and O–H groups in total. The van der Waals surface area contributed by atoms with E-state index in [4.69, 9.17) is 0 Å². The molecular formula is C12H26N2OS. The molecule has 96 valence electrons. The second-order valence-electron chi connectivity index (χ2n) is 4.05. The van der Waals surface area contributed by atoms with Crippen LogP contribution in [0.15, 0.2) is 0 Å². The zero-order chi connectivity index (χ0) is 12.4. The number of carbonyl (C=O) groups is 1. The summed E-state index contributed by atoms with van der Waals surface area (Å²) in [6.07, 6.45) is 5.36. The molecular weight excluding hydrogens is 220 g/mol. The van der Waals surface area contributed by atoms with E-state index in [0.29, 0.717) is 6.54 Å². The molecule has 0 saturated carbocycles. The zero-order valence-electron chi connectivity index (χ0n) is 11.1. The van der Waals surface area contributed by atoms with Gasteiger partial charge in [-0.25, -0.2) is 0 Å². The largest absolute Gasteiger partial charge is 0.354 e. The monoisotopic (exact) mass is 246 g/mol. The Morgan fingerprint density at radius 1 is 1.25 bits per heavy atom. The summed E-state index contributed by atoms with van der Waals surface area (Å²) in [7, 11) is 0. The van der Waals surface area contributed by atoms with Crippen LogP contribution in [0.3, 0.4) is 0 Å². The number of thioether (sulfide) groups is 1. The molecule has 0 aromatic carbocycles. The van der Waals surface area contributed by atoms with E-state index in [1.807, 2.05) is 11.8 Å². The Morgan fingerprint density at radius 2 is 1.88 bits per heavy atom. The van der Waals surface area contributed by atoms with Gasteiger partial charge in [0.05, 0.1) is 6.54 Å². The second kappa shape index (κ2) is 8.88. The lowest BCUT2D eigenvalue weighted by Crippen LogP contribution is -2.43. The molecule has 0 unspecified atom stereocenters. The number of hydrogen-bond acceptors (Lipinski definition) is 3. The van der Waals surface area contributed by atoms with Crippen LogP contribution in [-0.4, -0.2) is 36.5 Å². The summed E-state index contributed by atoms with van der Waals surface area (Å²) in [5.74, 6) is 0.105. The molecule has 0 atom stereocenters. The smallest absolute Gasteiger partial charge is 0.234 e. The lowest BCUT2D eigenvalue weighted by Gasteiger charge is -2.29. The van der Waals surface area contributed by atoms with Gasteiger partial charge in [-0.15, -0.1) is 0 Å². The number of nitrogens with one attached hydrogen (secondary N) is 2. The van der Waals surface area contributed by atoms with Crippen molar-refractivity contribution in [2.45, 2.75) is 44.8 Å². The third-order valence-electron chi connectivity index (χ3n) is 3.04. The first-order valence-electron chi connectivity index (χ1n) is 6.16. The summed E-state index contributed by atoms with van der Waals surface area (Å²) in [6, 6.07) is 0. The lowest BCUT2D eigenvalue weighted by atomic mass is 10.0. The van der Waals surface area contributed by atoms with Crippen molar-refractivity contribution >= 4 is 17.7 Å². The van der Waals surface area contributed by atoms with Crippen LogP contribution in [0, 0.1) is 0 Å². The van der Waals surface area contributed by atoms with E-state index in [0.717, 1.165) is 32.4 Å². The first kappa shape index (κ1) is 15.8. The average Bonchev–Trinajstić information content (AvgIpc) is 2.32. The number of amides is 1. The van der Waals surface area contributed by atoms with Gasteiger partial charge in [-0.2, -0.15) is 11.8 Å². The minimum absolute atomic E-state index is 0.105. The van der Waals surface area contributed by atoms with Gasteiger partial charge in [0.15, 0.2) is 0 Å². The van der Waals surface area contributed by atoms with E-state index in [1.54, 1.807) is 0 Å². The van der Waals surface area contributed by atoms with Crippen molar-refractivity contribution in [3.8, 4) is 0 Å². The Labute approximate surface area is 104 Å². The lowest BCUT2D eigenvalue weighted by molar-refractivity contribution is -0.120. The molecule has 1 amide bonds. The Kier molecular flexibility index (Phi) is 8.76. The van der Waals surface area contributed by atoms with Gasteiger partial charge in [-0.05, 0) is 32.1 Å². The molecule has 0 aliphatic rings. The van der Waals surface area contributed by atoms with E-state index in [9.17, 15) is 4.79 Å². The SMILES string of the molecule is CCCNCC(=O)NCC(CC)(CC)SC. The van der Waals surface area contributed by atoms with Crippen LogP contribution in [-0.2, 0) is 4.79 Å². The molecule has 0 aliphatic heterocycles. The van der Waals surface area contributed by atoms with Crippen molar-refractivity contribution < 1.29 is 4.79 Å². The highest BCUT2D eigenvalue weighted by atomic mass is 32.2. The molecule has 0 aromatic rings. The molecule has 3 nitrogen and oxygen atoms in total. The highest BCUT2D eigenvalue weighted by molar-refractivity contribution is 8.00. The summed E-state index contributed by atoms with van der Waals surface area (Å²) in [4.78, 5) is 11.5. The molecule has 0 spiro atoms. The molecule has 4 heteroatoms. The quantitative estimate of drug-likeness (QED) is 0.612. The third-order valence-corrected chi connectivity index (χ3v) is 4.63. The van der Waals surface area contributed by atoms with Crippen LogP contribution in [0.5, 0.6) is 0 Å². The topological polar surface area (TPSA) is 41.1 Å². The van der Waals surface area contributed by atoms with Gasteiger partial charge in [-0.1, -0.05) is 20.8 Å². The van der Waals surface area contributed by atoms with Crippen molar-refractivity contribution in [2.75, 3.05) is 25.9 Å². The predicted molar refractivity (Wildman–Crippen MR) is 73.0 cm³/mol. The van der Waals surface area contributed by atoms with Gasteiger partial charge in [0, 0.05) is 11.3 Å². The van der Waals surface area contributed by atoms with Gasteiger partial charge in [0.25, 0.3) is 0 Å². The van der Waals surface area contributed by atoms with Crippen LogP contribution in [0.1, 0.15) is 40.0 Å². The summed E-state index contributed by atoms with van der Waals surface area (Å²) >= 11 is 1.85. The average molecular weight is 246 g/mol. The van der Waals surface area contributed by atoms with Gasteiger partial charge in [0.1, 0.15) is 0 Å². The fourth-order valence-electron chi connectivity index (χ4n) is 1.56. The van der Waals surface area contributed by atoms with Crippen LogP contribution >= 0.6 is 11.8 Å². The fraction of sp³-hybridized carbons (Fsp3) is 0.917. The molecule has 16 heavy (non-hydrogen) atoms. The third kappa shape index (κ3) is 5.75. The Hall–Kier alpha value is -0.220. The van der Waals surface area contributed by atoms with E-state index in [2.05, 4.69) is 37.7 Å². The van der Waals surface area contributed by atoms with Crippen LogP contribution < -0.4 is 10.6 Å². The summed E-state index contributed by atoms with van der Waals surface area (Å²) in [6.45, 7) is 8.57. The van der Waals surface area contributed by atoms with E-state index >= 15 is 0 Å². The van der Waals surface area contributed by atoms with Crippen LogP contribution in [0.25, 0.3) is 0 Å². The van der Waals surface area contributed by atoms with Crippen molar-refractivity contribution in [2.24, 2.45) is 0 Å². The molecule has 0 bridgehead atoms. The predicted octanol–water partition coefficient (Wildman–Crippen LogP) is 2.02. The first-order valence-corrected chi connectivity index (χ1v) is 7.39. The van der Waals surface area contributed by atoms with Crippen molar-refractivity contribution in [3.05, 3.63) is 0 Å². The molecule has 0 aromatic heterocycles. The molecule has 0 radical (unpaired) electrons. The number of carbonyl (C=O) groups excluding carboxylic acids is 1. The summed E-state index contributed by atoms with van der Waals surface area (Å²) in [5.41, 5.74) is 0. The minimum atomic E-state index is 0.105. The van der Waals surface area contributed by atoms with Gasteiger partial charge < -0.3 is 10.6 Å². The normalized spacial score (nSPS) is 11.5. The standard InChI is InChI=1S/C12H26N2OS/c1-5-8-13-9-11(15)14-10-12(6-2,7-3)16-4/h13H,5-10H2,1-4H3,(H,14,15). The maximum atomic E-state index is 11.5. The summed E-state index contributed by atoms with van der Waals surface area (Å²) in [5, 5.41) is 6.12. The first-order chi connectivity index (χ1) is 7.64. The molecule has 0 aliphatic carbocycles. The van der Waals surface area contributed by atoms with Crippen molar-refractivity contribution in [3.63, 3.8) is 0 Å². The Bertz CT molecular complexity index is 185. The maximum Gasteiger partial charge on any atom is 0.234 e. The second-order valence-corrected chi connectivity index (χ2v) is 5.32. The Balaban J connectivity index is 3.87. The van der Waals surface area contributed by atoms with Crippen LogP contribution in [0.2, 0.25) is 0 Å². The van der Waals surface area contributed by atoms with Gasteiger partial charge in [-0.3, -0.25) is 4.79 Å². The highest BCUT2D eigenvalue weighted by Gasteiger charge is 2.25.